The summed E-state index contributed by atoms with van der Waals surface area (Å²) in [7, 11) is 1.33. The second-order valence-corrected chi connectivity index (χ2v) is 4.21. The fourth-order valence-electron chi connectivity index (χ4n) is 1.80. The maximum Gasteiger partial charge on any atom is 0.330 e. The Labute approximate surface area is 127 Å². The second-order valence-electron chi connectivity index (χ2n) is 4.21. The lowest BCUT2D eigenvalue weighted by Gasteiger charge is -2.08. The number of nitro benzene ring substituents is 1. The lowest BCUT2D eigenvalue weighted by Crippen LogP contribution is -2.28. The van der Waals surface area contributed by atoms with Crippen molar-refractivity contribution < 1.29 is 14.5 Å². The first-order chi connectivity index (χ1) is 9.60. The Hall–Kier alpha value is -2.35. The van der Waals surface area contributed by atoms with Gasteiger partial charge in [-0.15, -0.1) is 12.4 Å². The van der Waals surface area contributed by atoms with Crippen molar-refractivity contribution in [3.05, 3.63) is 34.4 Å². The molecule has 0 amide bonds. The Morgan fingerprint density at radius 3 is 2.62 bits per heavy atom. The number of benzene rings is 1. The van der Waals surface area contributed by atoms with Crippen LogP contribution in [-0.2, 0) is 9.53 Å². The third-order valence-corrected chi connectivity index (χ3v) is 2.87. The van der Waals surface area contributed by atoms with Crippen molar-refractivity contribution >= 4 is 35.6 Å². The fraction of sp³-hybridized carbons (Fsp3) is 0.333. The molecule has 21 heavy (non-hydrogen) atoms. The van der Waals surface area contributed by atoms with Gasteiger partial charge in [0.15, 0.2) is 0 Å². The topological polar surface area (TPSA) is 106 Å². The Kier molecular flexibility index (Phi) is 5.92. The van der Waals surface area contributed by atoms with E-state index in [0.717, 1.165) is 0 Å². The van der Waals surface area contributed by atoms with Gasteiger partial charge in [0.2, 0.25) is 0 Å². The molecule has 1 aromatic carbocycles. The average Bonchev–Trinajstić information content (AvgIpc) is 2.93. The summed E-state index contributed by atoms with van der Waals surface area (Å²) in [5, 5.41) is 10.5. The molecule has 2 rings (SSSR count). The number of ether oxygens (including phenoxy) is 1. The number of amidine groups is 1. The summed E-state index contributed by atoms with van der Waals surface area (Å²) in [4.78, 5) is 25.5. The Morgan fingerprint density at radius 1 is 1.38 bits per heavy atom. The quantitative estimate of drug-likeness (QED) is 0.497. The van der Waals surface area contributed by atoms with Crippen LogP contribution in [0.4, 0.5) is 11.4 Å². The zero-order valence-electron chi connectivity index (χ0n) is 11.2. The fourth-order valence-corrected chi connectivity index (χ4v) is 1.80. The minimum absolute atomic E-state index is 0. The maximum atomic E-state index is 11.3. The number of non-ortho nitro benzene ring substituents is 1. The van der Waals surface area contributed by atoms with Crippen molar-refractivity contribution in [1.82, 2.24) is 5.43 Å². The molecule has 1 heterocycles. The molecule has 1 atom stereocenters. The van der Waals surface area contributed by atoms with Gasteiger partial charge in [-0.25, -0.2) is 4.79 Å². The van der Waals surface area contributed by atoms with Crippen LogP contribution in [0.5, 0.6) is 0 Å². The van der Waals surface area contributed by atoms with Gasteiger partial charge in [0, 0.05) is 18.6 Å². The third-order valence-electron chi connectivity index (χ3n) is 2.87. The zero-order chi connectivity index (χ0) is 14.5. The number of hydrogen-bond donors (Lipinski definition) is 2. The van der Waals surface area contributed by atoms with E-state index < -0.39 is 11.0 Å². The number of nitro groups is 1. The number of carbonyl (C=O) groups excluding carboxylic acids is 1. The van der Waals surface area contributed by atoms with Gasteiger partial charge in [-0.1, -0.05) is 0 Å². The molecule has 0 radical (unpaired) electrons. The smallest absolute Gasteiger partial charge is 0.330 e. The van der Waals surface area contributed by atoms with E-state index in [0.29, 0.717) is 24.4 Å². The summed E-state index contributed by atoms with van der Waals surface area (Å²) >= 11 is 0. The van der Waals surface area contributed by atoms with Gasteiger partial charge < -0.3 is 4.74 Å². The highest BCUT2D eigenvalue weighted by Crippen LogP contribution is 2.16. The summed E-state index contributed by atoms with van der Waals surface area (Å²) in [5.74, 6) is 0.302. The summed E-state index contributed by atoms with van der Waals surface area (Å²) in [6.45, 7) is 0. The molecule has 0 fully saturated rings. The van der Waals surface area contributed by atoms with Crippen LogP contribution in [0.1, 0.15) is 12.8 Å². The molecule has 114 valence electrons. The van der Waals surface area contributed by atoms with Gasteiger partial charge in [0.1, 0.15) is 11.9 Å². The second kappa shape index (κ2) is 7.44. The summed E-state index contributed by atoms with van der Waals surface area (Å²) < 4.78 is 4.62. The van der Waals surface area contributed by atoms with Crippen LogP contribution < -0.4 is 10.9 Å². The molecular weight excluding hydrogens is 300 g/mol. The highest BCUT2D eigenvalue weighted by Gasteiger charge is 2.24. The number of anilines is 1. The van der Waals surface area contributed by atoms with E-state index >= 15 is 0 Å². The van der Waals surface area contributed by atoms with Gasteiger partial charge in [-0.05, 0) is 18.6 Å². The van der Waals surface area contributed by atoms with Gasteiger partial charge in [-0.3, -0.25) is 26.0 Å². The number of rotatable bonds is 4. The van der Waals surface area contributed by atoms with Gasteiger partial charge in [-0.2, -0.15) is 0 Å². The lowest BCUT2D eigenvalue weighted by atomic mass is 10.2. The standard InChI is InChI=1S/C12H14N4O4.ClH/c1-20-12(17)10-6-7-11(13-10)15-14-8-2-4-9(5-3-8)16(18)19;/h2-5,10,14H,6-7H2,1H3,(H,13,15);1H. The normalized spacial score (nSPS) is 16.4. The van der Waals surface area contributed by atoms with Crippen LogP contribution >= 0.6 is 12.4 Å². The van der Waals surface area contributed by atoms with Crippen LogP contribution in [0.2, 0.25) is 0 Å². The minimum atomic E-state index is -0.459. The molecule has 1 aliphatic heterocycles. The highest BCUT2D eigenvalue weighted by molar-refractivity contribution is 5.90. The predicted molar refractivity (Wildman–Crippen MR) is 79.6 cm³/mol. The van der Waals surface area contributed by atoms with Crippen molar-refractivity contribution in [2.24, 2.45) is 4.99 Å². The van der Waals surface area contributed by atoms with E-state index in [2.05, 4.69) is 20.6 Å². The van der Waals surface area contributed by atoms with E-state index in [1.807, 2.05) is 0 Å². The molecule has 9 heteroatoms. The maximum absolute atomic E-state index is 11.3. The predicted octanol–water partition coefficient (Wildman–Crippen LogP) is 1.67. The molecule has 1 aliphatic rings. The third kappa shape index (κ3) is 4.32. The van der Waals surface area contributed by atoms with Crippen molar-refractivity contribution in [3.8, 4) is 0 Å². The van der Waals surface area contributed by atoms with Crippen LogP contribution in [0.15, 0.2) is 29.3 Å². The van der Waals surface area contributed by atoms with Crippen molar-refractivity contribution in [2.75, 3.05) is 12.5 Å². The summed E-state index contributed by atoms with van der Waals surface area (Å²) in [6.07, 6.45) is 1.25. The summed E-state index contributed by atoms with van der Waals surface area (Å²) in [5.41, 5.74) is 6.45. The molecule has 0 saturated heterocycles. The van der Waals surface area contributed by atoms with Crippen LogP contribution in [0.3, 0.4) is 0 Å². The van der Waals surface area contributed by atoms with E-state index in [-0.39, 0.29) is 24.1 Å². The SMILES string of the molecule is COC(=O)C1CCC(NNc2ccc([N+](=O)[O-])cc2)=N1.Cl. The number of aliphatic imine (C=N–C) groups is 1. The zero-order valence-corrected chi connectivity index (χ0v) is 12.1. The summed E-state index contributed by atoms with van der Waals surface area (Å²) in [6, 6.07) is 5.51. The number of nitrogens with zero attached hydrogens (tertiary/aromatic N) is 2. The van der Waals surface area contributed by atoms with Crippen molar-refractivity contribution in [1.29, 1.82) is 0 Å². The van der Waals surface area contributed by atoms with E-state index in [4.69, 9.17) is 0 Å². The number of hydrazine groups is 1. The van der Waals surface area contributed by atoms with E-state index in [9.17, 15) is 14.9 Å². The minimum Gasteiger partial charge on any atom is -0.467 e. The van der Waals surface area contributed by atoms with Crippen molar-refractivity contribution in [2.45, 2.75) is 18.9 Å². The van der Waals surface area contributed by atoms with Crippen LogP contribution in [0.25, 0.3) is 0 Å². The van der Waals surface area contributed by atoms with Gasteiger partial charge >= 0.3 is 5.97 Å². The monoisotopic (exact) mass is 314 g/mol. The first-order valence-electron chi connectivity index (χ1n) is 6.01. The number of halogens is 1. The molecule has 1 unspecified atom stereocenters. The Morgan fingerprint density at radius 2 is 2.05 bits per heavy atom. The lowest BCUT2D eigenvalue weighted by molar-refractivity contribution is -0.384. The molecule has 0 saturated carbocycles. The molecule has 0 spiro atoms. The Balaban J connectivity index is 0.00000220. The largest absolute Gasteiger partial charge is 0.467 e. The number of hydrogen-bond acceptors (Lipinski definition) is 7. The van der Waals surface area contributed by atoms with Gasteiger partial charge in [0.25, 0.3) is 5.69 Å². The number of esters is 1. The first-order valence-corrected chi connectivity index (χ1v) is 6.01. The first kappa shape index (κ1) is 16.7. The van der Waals surface area contributed by atoms with Crippen LogP contribution in [-0.4, -0.2) is 29.9 Å². The molecule has 8 nitrogen and oxygen atoms in total. The molecule has 2 N–H and O–H groups in total. The van der Waals surface area contributed by atoms with Gasteiger partial charge in [0.05, 0.1) is 17.7 Å². The average molecular weight is 315 g/mol. The molecule has 0 bridgehead atoms. The number of carbonyl (C=O) groups is 1. The highest BCUT2D eigenvalue weighted by atomic mass is 35.5. The van der Waals surface area contributed by atoms with Crippen molar-refractivity contribution in [3.63, 3.8) is 0 Å². The molecule has 1 aromatic rings. The number of methoxy groups -OCH3 is 1. The van der Waals surface area contributed by atoms with E-state index in [1.54, 1.807) is 12.1 Å². The molecular formula is C12H15ClN4O4. The van der Waals surface area contributed by atoms with E-state index in [1.165, 1.54) is 19.2 Å². The van der Waals surface area contributed by atoms with Crippen LogP contribution in [0, 0.1) is 10.1 Å². The molecule has 0 aromatic heterocycles. The number of nitrogens with one attached hydrogen (secondary N) is 2. The molecule has 0 aliphatic carbocycles. The Bertz CT molecular complexity index is 547.